The fourth-order valence-electron chi connectivity index (χ4n) is 1.60. The average molecular weight is 279 g/mol. The Morgan fingerprint density at radius 1 is 1.53 bits per heavy atom. The largest absolute Gasteiger partial charge is 0.477 e. The van der Waals surface area contributed by atoms with Gasteiger partial charge in [0.2, 0.25) is 0 Å². The molecule has 0 spiro atoms. The molecule has 2 aromatic heterocycles. The molecule has 6 nitrogen and oxygen atoms in total. The van der Waals surface area contributed by atoms with Crippen molar-refractivity contribution in [2.75, 3.05) is 19.0 Å². The topological polar surface area (TPSA) is 75.4 Å². The van der Waals surface area contributed by atoms with E-state index < -0.39 is 5.97 Å². The van der Waals surface area contributed by atoms with Crippen LogP contribution in [0.1, 0.15) is 15.2 Å². The van der Waals surface area contributed by atoms with Crippen LogP contribution in [-0.4, -0.2) is 35.0 Å². The molecule has 0 atom stereocenters. The van der Waals surface area contributed by atoms with Crippen LogP contribution < -0.4 is 10.5 Å². The highest BCUT2D eigenvalue weighted by Gasteiger charge is 2.13. The van der Waals surface area contributed by atoms with Crippen LogP contribution in [0.25, 0.3) is 0 Å². The van der Waals surface area contributed by atoms with Gasteiger partial charge in [-0.25, -0.2) is 9.48 Å². The second-order valence-electron chi connectivity index (χ2n) is 4.18. The van der Waals surface area contributed by atoms with E-state index in [0.29, 0.717) is 11.3 Å². The third kappa shape index (κ3) is 2.82. The normalized spacial score (nSPS) is 10.4. The molecule has 0 saturated carbocycles. The lowest BCUT2D eigenvalue weighted by molar-refractivity contribution is 0.0701. The summed E-state index contributed by atoms with van der Waals surface area (Å²) in [5, 5.41) is 14.8. The second-order valence-corrected chi connectivity index (χ2v) is 5.10. The molecule has 2 rings (SSSR count). The van der Waals surface area contributed by atoms with Crippen molar-refractivity contribution in [3.63, 3.8) is 0 Å². The van der Waals surface area contributed by atoms with Gasteiger partial charge in [0.1, 0.15) is 4.88 Å². The maximum atomic E-state index is 11.9. The molecule has 0 fully saturated rings. The summed E-state index contributed by atoms with van der Waals surface area (Å²) in [5.74, 6) is -0.983. The van der Waals surface area contributed by atoms with Gasteiger partial charge in [0.05, 0.1) is 18.4 Å². The highest BCUT2D eigenvalue weighted by Crippen LogP contribution is 2.17. The van der Waals surface area contributed by atoms with Crippen molar-refractivity contribution >= 4 is 23.0 Å². The van der Waals surface area contributed by atoms with Gasteiger partial charge in [-0.15, -0.1) is 11.3 Å². The Hall–Kier alpha value is -2.15. The van der Waals surface area contributed by atoms with E-state index in [4.69, 9.17) is 5.11 Å². The molecule has 0 radical (unpaired) electrons. The van der Waals surface area contributed by atoms with Gasteiger partial charge in [0, 0.05) is 20.2 Å². The molecule has 2 aromatic rings. The second kappa shape index (κ2) is 5.23. The van der Waals surface area contributed by atoms with Crippen LogP contribution in [-0.2, 0) is 6.54 Å². The minimum Gasteiger partial charge on any atom is -0.477 e. The molecule has 7 heteroatoms. The molecule has 0 unspecified atom stereocenters. The van der Waals surface area contributed by atoms with E-state index in [9.17, 15) is 9.59 Å². The molecule has 0 saturated heterocycles. The minimum atomic E-state index is -0.983. The summed E-state index contributed by atoms with van der Waals surface area (Å²) in [6.45, 7) is 0.164. The minimum absolute atomic E-state index is 0.164. The van der Waals surface area contributed by atoms with Gasteiger partial charge in [-0.1, -0.05) is 0 Å². The number of carbonyl (C=O) groups is 1. The smallest absolute Gasteiger partial charge is 0.346 e. The van der Waals surface area contributed by atoms with Gasteiger partial charge < -0.3 is 10.0 Å². The molecule has 1 N–H and O–H groups in total. The first-order valence-corrected chi connectivity index (χ1v) is 6.41. The lowest BCUT2D eigenvalue weighted by Crippen LogP contribution is -2.25. The van der Waals surface area contributed by atoms with E-state index in [1.54, 1.807) is 22.5 Å². The number of thiophene rings is 1. The molecule has 0 aromatic carbocycles. The van der Waals surface area contributed by atoms with E-state index in [1.165, 1.54) is 10.7 Å². The third-order valence-electron chi connectivity index (χ3n) is 2.63. The van der Waals surface area contributed by atoms with Crippen molar-refractivity contribution < 1.29 is 9.90 Å². The fraction of sp³-hybridized carbons (Fsp3) is 0.250. The standard InChI is InChI=1S/C12H13N3O3S/c1-14(2)9-5-10(16)15(13-6-9)7-8-3-4-19-11(8)12(17)18/h3-6H,7H2,1-2H3,(H,17,18). The van der Waals surface area contributed by atoms with Gasteiger partial charge in [-0.3, -0.25) is 4.79 Å². The quantitative estimate of drug-likeness (QED) is 0.907. The number of nitrogens with zero attached hydrogens (tertiary/aromatic N) is 3. The lowest BCUT2D eigenvalue weighted by Gasteiger charge is -2.12. The molecular weight excluding hydrogens is 266 g/mol. The van der Waals surface area contributed by atoms with Crippen molar-refractivity contribution in [1.82, 2.24) is 9.78 Å². The Bertz CT molecular complexity index is 660. The van der Waals surface area contributed by atoms with Crippen LogP contribution in [0, 0.1) is 0 Å². The number of hydrogen-bond acceptors (Lipinski definition) is 5. The van der Waals surface area contributed by atoms with Crippen LogP contribution in [0.15, 0.2) is 28.5 Å². The summed E-state index contributed by atoms with van der Waals surface area (Å²) in [4.78, 5) is 24.9. The SMILES string of the molecule is CN(C)c1cnn(Cc2ccsc2C(=O)O)c(=O)c1. The van der Waals surface area contributed by atoms with E-state index >= 15 is 0 Å². The zero-order chi connectivity index (χ0) is 14.0. The number of rotatable bonds is 4. The van der Waals surface area contributed by atoms with Crippen LogP contribution in [0.5, 0.6) is 0 Å². The predicted molar refractivity (Wildman–Crippen MR) is 73.2 cm³/mol. The zero-order valence-electron chi connectivity index (χ0n) is 10.5. The highest BCUT2D eigenvalue weighted by atomic mass is 32.1. The monoisotopic (exact) mass is 279 g/mol. The van der Waals surface area contributed by atoms with Crippen LogP contribution in [0.2, 0.25) is 0 Å². The van der Waals surface area contributed by atoms with Gasteiger partial charge in [-0.05, 0) is 17.0 Å². The Balaban J connectivity index is 2.31. The molecule has 0 bridgehead atoms. The van der Waals surface area contributed by atoms with Gasteiger partial charge in [0.15, 0.2) is 0 Å². The number of hydrogen-bond donors (Lipinski definition) is 1. The van der Waals surface area contributed by atoms with Gasteiger partial charge >= 0.3 is 5.97 Å². The Morgan fingerprint density at radius 2 is 2.26 bits per heavy atom. The number of aromatic carboxylic acids is 1. The maximum absolute atomic E-state index is 11.9. The molecule has 0 aliphatic carbocycles. The number of aromatic nitrogens is 2. The Kier molecular flexibility index (Phi) is 3.66. The number of carboxylic acid groups (broad SMARTS) is 1. The number of anilines is 1. The van der Waals surface area contributed by atoms with Crippen LogP contribution >= 0.6 is 11.3 Å². The van der Waals surface area contributed by atoms with E-state index in [1.807, 2.05) is 14.1 Å². The Labute approximate surface area is 113 Å². The molecule has 0 amide bonds. The molecule has 2 heterocycles. The summed E-state index contributed by atoms with van der Waals surface area (Å²) >= 11 is 1.14. The third-order valence-corrected chi connectivity index (χ3v) is 3.58. The zero-order valence-corrected chi connectivity index (χ0v) is 11.3. The van der Waals surface area contributed by atoms with Crippen LogP contribution in [0.4, 0.5) is 5.69 Å². The summed E-state index contributed by atoms with van der Waals surface area (Å²) in [6, 6.07) is 3.17. The van der Waals surface area contributed by atoms with Gasteiger partial charge in [0.25, 0.3) is 5.56 Å². The molecular formula is C12H13N3O3S. The average Bonchev–Trinajstić information content (AvgIpc) is 2.79. The summed E-state index contributed by atoms with van der Waals surface area (Å²) in [7, 11) is 3.64. The van der Waals surface area contributed by atoms with Gasteiger partial charge in [-0.2, -0.15) is 5.10 Å². The van der Waals surface area contributed by atoms with E-state index in [-0.39, 0.29) is 17.0 Å². The van der Waals surface area contributed by atoms with Crippen molar-refractivity contribution in [3.8, 4) is 0 Å². The number of carboxylic acids is 1. The predicted octanol–water partition coefficient (Wildman–Crippen LogP) is 1.12. The van der Waals surface area contributed by atoms with E-state index in [2.05, 4.69) is 5.10 Å². The summed E-state index contributed by atoms with van der Waals surface area (Å²) in [5.41, 5.74) is 1.04. The lowest BCUT2D eigenvalue weighted by atomic mass is 10.2. The molecule has 19 heavy (non-hydrogen) atoms. The maximum Gasteiger partial charge on any atom is 0.346 e. The first-order chi connectivity index (χ1) is 8.99. The van der Waals surface area contributed by atoms with Crippen LogP contribution in [0.3, 0.4) is 0 Å². The Morgan fingerprint density at radius 3 is 2.84 bits per heavy atom. The molecule has 100 valence electrons. The van der Waals surface area contributed by atoms with Crippen molar-refractivity contribution in [2.45, 2.75) is 6.54 Å². The van der Waals surface area contributed by atoms with E-state index in [0.717, 1.165) is 11.3 Å². The molecule has 0 aliphatic rings. The van der Waals surface area contributed by atoms with Crippen molar-refractivity contribution in [1.29, 1.82) is 0 Å². The first kappa shape index (κ1) is 13.3. The summed E-state index contributed by atoms with van der Waals surface area (Å²) in [6.07, 6.45) is 1.58. The fourth-order valence-corrected chi connectivity index (χ4v) is 2.35. The molecule has 0 aliphatic heterocycles. The summed E-state index contributed by atoms with van der Waals surface area (Å²) < 4.78 is 1.25. The van der Waals surface area contributed by atoms with Crippen molar-refractivity contribution in [2.24, 2.45) is 0 Å². The first-order valence-electron chi connectivity index (χ1n) is 5.53. The van der Waals surface area contributed by atoms with Crippen molar-refractivity contribution in [3.05, 3.63) is 44.5 Å². The highest BCUT2D eigenvalue weighted by molar-refractivity contribution is 7.12.